The van der Waals surface area contributed by atoms with Crippen LogP contribution in [-0.2, 0) is 11.3 Å². The number of nitrogens with one attached hydrogen (secondary N) is 2. The summed E-state index contributed by atoms with van der Waals surface area (Å²) in [6, 6.07) is 12.6. The van der Waals surface area contributed by atoms with Crippen molar-refractivity contribution in [2.75, 3.05) is 20.8 Å². The van der Waals surface area contributed by atoms with Crippen LogP contribution in [0.5, 0.6) is 11.5 Å². The predicted octanol–water partition coefficient (Wildman–Crippen LogP) is 2.78. The molecule has 0 aromatic heterocycles. The fourth-order valence-electron chi connectivity index (χ4n) is 2.40. The Bertz CT molecular complexity index is 813. The first kappa shape index (κ1) is 20.0. The third-order valence-electron chi connectivity index (χ3n) is 3.82. The number of ether oxygens (including phenoxy) is 2. The molecule has 2 amide bonds. The lowest BCUT2D eigenvalue weighted by Gasteiger charge is -2.09. The van der Waals surface area contributed by atoms with Gasteiger partial charge in [-0.05, 0) is 48.4 Å². The second-order valence-electron chi connectivity index (χ2n) is 5.67. The van der Waals surface area contributed by atoms with Gasteiger partial charge >= 0.3 is 0 Å². The van der Waals surface area contributed by atoms with Gasteiger partial charge in [0.25, 0.3) is 5.91 Å². The fourth-order valence-corrected chi connectivity index (χ4v) is 2.40. The molecule has 2 rings (SSSR count). The zero-order valence-corrected chi connectivity index (χ0v) is 15.7. The van der Waals surface area contributed by atoms with Gasteiger partial charge in [-0.25, -0.2) is 0 Å². The van der Waals surface area contributed by atoms with E-state index in [9.17, 15) is 9.59 Å². The number of hydrogen-bond donors (Lipinski definition) is 2. The van der Waals surface area contributed by atoms with Crippen LogP contribution in [0.4, 0.5) is 0 Å². The van der Waals surface area contributed by atoms with Crippen molar-refractivity contribution in [2.45, 2.75) is 13.5 Å². The lowest BCUT2D eigenvalue weighted by Crippen LogP contribution is -2.20. The summed E-state index contributed by atoms with van der Waals surface area (Å²) in [7, 11) is 3.16. The third kappa shape index (κ3) is 5.88. The Morgan fingerprint density at radius 1 is 1.07 bits per heavy atom. The second-order valence-corrected chi connectivity index (χ2v) is 5.67. The van der Waals surface area contributed by atoms with Crippen LogP contribution >= 0.6 is 0 Å². The Hall–Kier alpha value is -3.28. The molecule has 0 unspecified atom stereocenters. The zero-order valence-electron chi connectivity index (χ0n) is 15.7. The van der Waals surface area contributed by atoms with Crippen LogP contribution in [0.15, 0.2) is 48.5 Å². The van der Waals surface area contributed by atoms with Gasteiger partial charge in [0.15, 0.2) is 11.5 Å². The van der Waals surface area contributed by atoms with Crippen molar-refractivity contribution in [3.05, 3.63) is 65.2 Å². The molecule has 2 aromatic carbocycles. The fraction of sp³-hybridized carbons (Fsp3) is 0.238. The molecule has 0 fully saturated rings. The normalized spacial score (nSPS) is 10.5. The number of rotatable bonds is 8. The molecular formula is C21H24N2O4. The molecule has 0 aliphatic carbocycles. The molecule has 0 saturated carbocycles. The van der Waals surface area contributed by atoms with E-state index < -0.39 is 0 Å². The van der Waals surface area contributed by atoms with E-state index in [4.69, 9.17) is 9.47 Å². The van der Waals surface area contributed by atoms with Crippen molar-refractivity contribution in [3.8, 4) is 11.5 Å². The second kappa shape index (κ2) is 10.0. The number of carbonyl (C=O) groups excluding carboxylic acids is 2. The highest BCUT2D eigenvalue weighted by atomic mass is 16.5. The molecule has 0 spiro atoms. The van der Waals surface area contributed by atoms with E-state index in [-0.39, 0.29) is 11.8 Å². The number of methoxy groups -OCH3 is 1. The van der Waals surface area contributed by atoms with Crippen molar-refractivity contribution in [3.63, 3.8) is 0 Å². The molecule has 0 heterocycles. The highest BCUT2D eigenvalue weighted by Gasteiger charge is 2.05. The maximum atomic E-state index is 12.0. The minimum Gasteiger partial charge on any atom is -0.493 e. The van der Waals surface area contributed by atoms with Crippen LogP contribution in [0.25, 0.3) is 6.08 Å². The lowest BCUT2D eigenvalue weighted by atomic mass is 10.1. The molecular weight excluding hydrogens is 344 g/mol. The molecule has 2 aromatic rings. The topological polar surface area (TPSA) is 76.7 Å². The van der Waals surface area contributed by atoms with Gasteiger partial charge in [-0.15, -0.1) is 0 Å². The van der Waals surface area contributed by atoms with Crippen molar-refractivity contribution < 1.29 is 19.1 Å². The summed E-state index contributed by atoms with van der Waals surface area (Å²) < 4.78 is 10.8. The molecule has 0 atom stereocenters. The van der Waals surface area contributed by atoms with Gasteiger partial charge in [-0.3, -0.25) is 9.59 Å². The van der Waals surface area contributed by atoms with Gasteiger partial charge in [0.05, 0.1) is 13.7 Å². The van der Waals surface area contributed by atoms with Gasteiger partial charge in [0.2, 0.25) is 5.91 Å². The summed E-state index contributed by atoms with van der Waals surface area (Å²) in [6.07, 6.45) is 3.18. The highest BCUT2D eigenvalue weighted by molar-refractivity contribution is 5.94. The summed E-state index contributed by atoms with van der Waals surface area (Å²) in [5, 5.41) is 5.38. The smallest absolute Gasteiger partial charge is 0.251 e. The Morgan fingerprint density at radius 3 is 2.44 bits per heavy atom. The van der Waals surface area contributed by atoms with E-state index in [0.717, 1.165) is 11.1 Å². The summed E-state index contributed by atoms with van der Waals surface area (Å²) in [6.45, 7) is 2.84. The number of amides is 2. The average Bonchev–Trinajstić information content (AvgIpc) is 2.71. The minimum atomic E-state index is -0.210. The molecule has 27 heavy (non-hydrogen) atoms. The molecule has 6 heteroatoms. The van der Waals surface area contributed by atoms with Gasteiger partial charge in [0, 0.05) is 25.2 Å². The standard InChI is InChI=1S/C21H24N2O4/c1-4-27-18-11-7-15(13-19(18)26-3)8-12-20(24)23-14-16-5-9-17(10-6-16)21(25)22-2/h5-13H,4,14H2,1-3H3,(H,22,25)(H,23,24)/b12-8+. The van der Waals surface area contributed by atoms with Crippen molar-refractivity contribution in [1.82, 2.24) is 10.6 Å². The summed E-state index contributed by atoms with van der Waals surface area (Å²) in [5.41, 5.74) is 2.32. The summed E-state index contributed by atoms with van der Waals surface area (Å²) in [4.78, 5) is 23.5. The molecule has 0 aliphatic rings. The molecule has 142 valence electrons. The van der Waals surface area contributed by atoms with Crippen molar-refractivity contribution in [1.29, 1.82) is 0 Å². The van der Waals surface area contributed by atoms with Gasteiger partial charge in [-0.2, -0.15) is 0 Å². The van der Waals surface area contributed by atoms with E-state index in [1.807, 2.05) is 37.3 Å². The quantitative estimate of drug-likeness (QED) is 0.703. The Kier molecular flexibility index (Phi) is 7.43. The molecule has 6 nitrogen and oxygen atoms in total. The van der Waals surface area contributed by atoms with Crippen LogP contribution in [0.2, 0.25) is 0 Å². The Labute approximate surface area is 159 Å². The van der Waals surface area contributed by atoms with Crippen LogP contribution < -0.4 is 20.1 Å². The maximum absolute atomic E-state index is 12.0. The predicted molar refractivity (Wildman–Crippen MR) is 105 cm³/mol. The molecule has 0 bridgehead atoms. The minimum absolute atomic E-state index is 0.140. The van der Waals surface area contributed by atoms with Gasteiger partial charge in [0.1, 0.15) is 0 Å². The number of carbonyl (C=O) groups is 2. The molecule has 2 N–H and O–H groups in total. The van der Waals surface area contributed by atoms with Crippen LogP contribution in [0.1, 0.15) is 28.4 Å². The molecule has 0 radical (unpaired) electrons. The number of hydrogen-bond acceptors (Lipinski definition) is 4. The average molecular weight is 368 g/mol. The largest absolute Gasteiger partial charge is 0.493 e. The first-order valence-electron chi connectivity index (χ1n) is 8.65. The summed E-state index contributed by atoms with van der Waals surface area (Å²) in [5.74, 6) is 0.940. The summed E-state index contributed by atoms with van der Waals surface area (Å²) >= 11 is 0. The van der Waals surface area contributed by atoms with E-state index in [0.29, 0.717) is 30.2 Å². The van der Waals surface area contributed by atoms with Crippen LogP contribution in [0.3, 0.4) is 0 Å². The van der Waals surface area contributed by atoms with Crippen molar-refractivity contribution >= 4 is 17.9 Å². The maximum Gasteiger partial charge on any atom is 0.251 e. The molecule has 0 saturated heterocycles. The Morgan fingerprint density at radius 2 is 1.81 bits per heavy atom. The van der Waals surface area contributed by atoms with E-state index in [2.05, 4.69) is 10.6 Å². The highest BCUT2D eigenvalue weighted by Crippen LogP contribution is 2.28. The molecule has 0 aliphatic heterocycles. The third-order valence-corrected chi connectivity index (χ3v) is 3.82. The van der Waals surface area contributed by atoms with Gasteiger partial charge < -0.3 is 20.1 Å². The number of benzene rings is 2. The lowest BCUT2D eigenvalue weighted by molar-refractivity contribution is -0.116. The van der Waals surface area contributed by atoms with Crippen LogP contribution in [-0.4, -0.2) is 32.6 Å². The van der Waals surface area contributed by atoms with Gasteiger partial charge in [-0.1, -0.05) is 18.2 Å². The first-order valence-corrected chi connectivity index (χ1v) is 8.65. The monoisotopic (exact) mass is 368 g/mol. The SMILES string of the molecule is CCOc1ccc(/C=C/C(=O)NCc2ccc(C(=O)NC)cc2)cc1OC. The van der Waals surface area contributed by atoms with E-state index >= 15 is 0 Å². The Balaban J connectivity index is 1.92. The van der Waals surface area contributed by atoms with E-state index in [1.165, 1.54) is 6.08 Å². The zero-order chi connectivity index (χ0) is 19.6. The first-order chi connectivity index (χ1) is 13.1. The van der Waals surface area contributed by atoms with Crippen molar-refractivity contribution in [2.24, 2.45) is 0 Å². The van der Waals surface area contributed by atoms with Crippen LogP contribution in [0, 0.1) is 0 Å². The van der Waals surface area contributed by atoms with E-state index in [1.54, 1.807) is 32.4 Å².